The number of ether oxygens (including phenoxy) is 1. The topological polar surface area (TPSA) is 56.3 Å². The average Bonchev–Trinajstić information content (AvgIpc) is 2.75. The van der Waals surface area contributed by atoms with Crippen molar-refractivity contribution in [2.24, 2.45) is 12.8 Å². The maximum atomic E-state index is 6.27. The third-order valence-electron chi connectivity index (χ3n) is 3.67. The molecule has 0 spiro atoms. The molecule has 2 unspecified atom stereocenters. The van der Waals surface area contributed by atoms with Crippen molar-refractivity contribution in [3.05, 3.63) is 18.2 Å². The first-order chi connectivity index (χ1) is 8.58. The van der Waals surface area contributed by atoms with Gasteiger partial charge in [-0.2, -0.15) is 0 Å². The minimum absolute atomic E-state index is 0.00708. The highest BCUT2D eigenvalue weighted by Gasteiger charge is 2.27. The Morgan fingerprint density at radius 3 is 2.94 bits per heavy atom. The van der Waals surface area contributed by atoms with Crippen molar-refractivity contribution >= 4 is 0 Å². The first kappa shape index (κ1) is 13.5. The summed E-state index contributed by atoms with van der Waals surface area (Å²) in [4.78, 5) is 6.74. The van der Waals surface area contributed by atoms with Gasteiger partial charge in [0, 0.05) is 51.0 Å². The lowest BCUT2D eigenvalue weighted by molar-refractivity contribution is -0.0498. The van der Waals surface area contributed by atoms with E-state index in [4.69, 9.17) is 10.5 Å². The van der Waals surface area contributed by atoms with E-state index in [-0.39, 0.29) is 12.1 Å². The molecular formula is C13H24N4O. The fourth-order valence-corrected chi connectivity index (χ4v) is 2.36. The molecule has 0 amide bonds. The summed E-state index contributed by atoms with van der Waals surface area (Å²) in [5, 5.41) is 0. The van der Waals surface area contributed by atoms with E-state index in [1.165, 1.54) is 0 Å². The molecule has 2 N–H and O–H groups in total. The third kappa shape index (κ3) is 3.10. The Kier molecular flexibility index (Phi) is 4.37. The van der Waals surface area contributed by atoms with Crippen molar-refractivity contribution in [1.29, 1.82) is 0 Å². The summed E-state index contributed by atoms with van der Waals surface area (Å²) in [7, 11) is 2.00. The second kappa shape index (κ2) is 5.82. The van der Waals surface area contributed by atoms with E-state index in [1.807, 2.05) is 24.0 Å². The first-order valence-corrected chi connectivity index (χ1v) is 6.65. The van der Waals surface area contributed by atoms with Crippen LogP contribution in [0.2, 0.25) is 0 Å². The van der Waals surface area contributed by atoms with Gasteiger partial charge in [-0.25, -0.2) is 4.98 Å². The second-order valence-electron chi connectivity index (χ2n) is 5.32. The van der Waals surface area contributed by atoms with E-state index in [0.29, 0.717) is 6.04 Å². The van der Waals surface area contributed by atoms with Gasteiger partial charge in [-0.05, 0) is 13.8 Å². The zero-order valence-electron chi connectivity index (χ0n) is 11.5. The Balaban J connectivity index is 1.92. The van der Waals surface area contributed by atoms with Gasteiger partial charge in [-0.15, -0.1) is 0 Å². The van der Waals surface area contributed by atoms with Crippen molar-refractivity contribution in [2.75, 3.05) is 19.7 Å². The highest BCUT2D eigenvalue weighted by atomic mass is 16.5. The second-order valence-corrected chi connectivity index (χ2v) is 5.32. The summed E-state index contributed by atoms with van der Waals surface area (Å²) in [6, 6.07) is 0.560. The molecule has 0 aliphatic carbocycles. The van der Waals surface area contributed by atoms with Gasteiger partial charge in [-0.3, -0.25) is 4.90 Å². The smallest absolute Gasteiger partial charge is 0.110 e. The van der Waals surface area contributed by atoms with Crippen LogP contribution in [-0.4, -0.2) is 52.3 Å². The van der Waals surface area contributed by atoms with Crippen molar-refractivity contribution in [3.8, 4) is 0 Å². The molecule has 102 valence electrons. The van der Waals surface area contributed by atoms with Crippen molar-refractivity contribution in [2.45, 2.75) is 38.5 Å². The minimum atomic E-state index is 0.00708. The van der Waals surface area contributed by atoms with Gasteiger partial charge in [0.1, 0.15) is 5.82 Å². The molecule has 1 aliphatic heterocycles. The van der Waals surface area contributed by atoms with E-state index in [0.717, 1.165) is 31.9 Å². The predicted molar refractivity (Wildman–Crippen MR) is 71.3 cm³/mol. The molecule has 1 aromatic heterocycles. The lowest BCUT2D eigenvalue weighted by atomic mass is 10.1. The van der Waals surface area contributed by atoms with E-state index in [2.05, 4.69) is 23.7 Å². The maximum Gasteiger partial charge on any atom is 0.110 e. The number of rotatable bonds is 4. The molecule has 1 saturated heterocycles. The van der Waals surface area contributed by atoms with E-state index in [1.54, 1.807) is 0 Å². The normalized spacial score (nSPS) is 23.5. The van der Waals surface area contributed by atoms with E-state index >= 15 is 0 Å². The summed E-state index contributed by atoms with van der Waals surface area (Å²) >= 11 is 0. The number of nitrogens with two attached hydrogens (primary N) is 1. The molecule has 18 heavy (non-hydrogen) atoms. The molecule has 0 radical (unpaired) electrons. The molecule has 0 aromatic carbocycles. The van der Waals surface area contributed by atoms with Gasteiger partial charge >= 0.3 is 0 Å². The number of hydrogen-bond acceptors (Lipinski definition) is 4. The Hall–Kier alpha value is -0.910. The first-order valence-electron chi connectivity index (χ1n) is 6.65. The van der Waals surface area contributed by atoms with E-state index in [9.17, 15) is 0 Å². The van der Waals surface area contributed by atoms with Crippen LogP contribution in [-0.2, 0) is 18.2 Å². The van der Waals surface area contributed by atoms with Crippen molar-refractivity contribution < 1.29 is 4.74 Å². The zero-order chi connectivity index (χ0) is 13.1. The van der Waals surface area contributed by atoms with Gasteiger partial charge in [0.2, 0.25) is 0 Å². The molecule has 2 atom stereocenters. The molecule has 0 saturated carbocycles. The van der Waals surface area contributed by atoms with Crippen LogP contribution < -0.4 is 5.73 Å². The summed E-state index contributed by atoms with van der Waals surface area (Å²) in [5.74, 6) is 1.02. The fourth-order valence-electron chi connectivity index (χ4n) is 2.36. The highest BCUT2D eigenvalue weighted by Crippen LogP contribution is 2.13. The number of aromatic nitrogens is 2. The van der Waals surface area contributed by atoms with Crippen LogP contribution in [0, 0.1) is 0 Å². The fraction of sp³-hybridized carbons (Fsp3) is 0.769. The van der Waals surface area contributed by atoms with Gasteiger partial charge in [0.25, 0.3) is 0 Å². The minimum Gasteiger partial charge on any atom is -0.374 e. The van der Waals surface area contributed by atoms with Crippen LogP contribution in [0.3, 0.4) is 0 Å². The maximum absolute atomic E-state index is 6.27. The van der Waals surface area contributed by atoms with Crippen molar-refractivity contribution in [3.63, 3.8) is 0 Å². The van der Waals surface area contributed by atoms with Gasteiger partial charge in [0.05, 0.1) is 12.7 Å². The standard InChI is InChI=1S/C13H24N4O/c1-10(2)17-6-7-18-12(9-17)11(14)8-13-15-4-5-16(13)3/h4-5,10-12H,6-9,14H2,1-3H3. The van der Waals surface area contributed by atoms with E-state index < -0.39 is 0 Å². The molecule has 2 rings (SSSR count). The van der Waals surface area contributed by atoms with Gasteiger partial charge < -0.3 is 15.0 Å². The summed E-state index contributed by atoms with van der Waals surface area (Å²) in [5.41, 5.74) is 6.27. The molecule has 1 aliphatic rings. The molecular weight excluding hydrogens is 228 g/mol. The molecule has 1 fully saturated rings. The Morgan fingerprint density at radius 1 is 1.56 bits per heavy atom. The highest BCUT2D eigenvalue weighted by molar-refractivity contribution is 4.96. The van der Waals surface area contributed by atoms with Crippen LogP contribution in [0.4, 0.5) is 0 Å². The molecule has 1 aromatic rings. The Labute approximate surface area is 109 Å². The van der Waals surface area contributed by atoms with Gasteiger partial charge in [-0.1, -0.05) is 0 Å². The molecule has 5 heteroatoms. The Bertz CT molecular complexity index is 377. The predicted octanol–water partition coefficient (Wildman–Crippen LogP) is 0.399. The number of aryl methyl sites for hydroxylation is 1. The largest absolute Gasteiger partial charge is 0.374 e. The summed E-state index contributed by atoms with van der Waals surface area (Å²) < 4.78 is 7.82. The SMILES string of the molecule is CC(C)N1CCOC(C(N)Cc2nccn2C)C1. The van der Waals surface area contributed by atoms with Crippen LogP contribution in [0.15, 0.2) is 12.4 Å². The lowest BCUT2D eigenvalue weighted by Gasteiger charge is -2.37. The number of hydrogen-bond donors (Lipinski definition) is 1. The summed E-state index contributed by atoms with van der Waals surface area (Å²) in [6.07, 6.45) is 4.63. The van der Waals surface area contributed by atoms with Gasteiger partial charge in [0.15, 0.2) is 0 Å². The monoisotopic (exact) mass is 252 g/mol. The molecule has 5 nitrogen and oxygen atoms in total. The van der Waals surface area contributed by atoms with Crippen LogP contribution in [0.1, 0.15) is 19.7 Å². The molecule has 0 bridgehead atoms. The van der Waals surface area contributed by atoms with Crippen LogP contribution in [0.25, 0.3) is 0 Å². The van der Waals surface area contributed by atoms with Crippen LogP contribution in [0.5, 0.6) is 0 Å². The quantitative estimate of drug-likeness (QED) is 0.843. The number of nitrogens with zero attached hydrogens (tertiary/aromatic N) is 3. The zero-order valence-corrected chi connectivity index (χ0v) is 11.5. The average molecular weight is 252 g/mol. The summed E-state index contributed by atoms with van der Waals surface area (Å²) in [6.45, 7) is 7.13. The van der Waals surface area contributed by atoms with Crippen LogP contribution >= 0.6 is 0 Å². The Morgan fingerprint density at radius 2 is 2.33 bits per heavy atom. The number of imidazole rings is 1. The number of morpholine rings is 1. The lowest BCUT2D eigenvalue weighted by Crippen LogP contribution is -2.53. The third-order valence-corrected chi connectivity index (χ3v) is 3.67. The van der Waals surface area contributed by atoms with Crippen molar-refractivity contribution in [1.82, 2.24) is 14.5 Å². The molecule has 2 heterocycles.